The van der Waals surface area contributed by atoms with Crippen LogP contribution in [-0.2, 0) is 6.42 Å². The molecule has 0 bridgehead atoms. The van der Waals surface area contributed by atoms with Gasteiger partial charge >= 0.3 is 0 Å². The van der Waals surface area contributed by atoms with E-state index in [1.165, 1.54) is 0 Å². The molecule has 0 fully saturated rings. The molecule has 0 nitrogen and oxygen atoms in total. The van der Waals surface area contributed by atoms with E-state index in [4.69, 9.17) is 0 Å². The van der Waals surface area contributed by atoms with E-state index in [9.17, 15) is 4.39 Å². The Morgan fingerprint density at radius 1 is 1.59 bits per heavy atom. The summed E-state index contributed by atoms with van der Waals surface area (Å²) in [7, 11) is 0. The van der Waals surface area contributed by atoms with Crippen LogP contribution >= 0.6 is 0 Å². The van der Waals surface area contributed by atoms with Crippen LogP contribution in [0.3, 0.4) is 0 Å². The van der Waals surface area contributed by atoms with Crippen LogP contribution < -0.4 is 0 Å². The second-order valence-electron chi connectivity index (χ2n) is 4.05. The maximum Gasteiger partial charge on any atom is 0.0973 e. The van der Waals surface area contributed by atoms with Gasteiger partial charge in [-0.25, -0.2) is 4.39 Å². The number of alkyl halides is 1. The minimum atomic E-state index is -0.723. The topological polar surface area (TPSA) is 0 Å². The Kier molecular flexibility index (Phi) is 6.10. The standard InChI is InChI=1S/C16H18F/c1-3-9-15-12-7-8-13-16(15)11-6-4-5-10-14(2)17/h3,8,12-14H,1,4-5,9-10H2,2H3. The fraction of sp³-hybridized carbons (Fsp3) is 0.375. The van der Waals surface area contributed by atoms with E-state index in [2.05, 4.69) is 24.5 Å². The average molecular weight is 229 g/mol. The zero-order valence-electron chi connectivity index (χ0n) is 10.3. The van der Waals surface area contributed by atoms with E-state index in [-0.39, 0.29) is 0 Å². The number of rotatable bonds is 5. The van der Waals surface area contributed by atoms with Crippen LogP contribution in [0.15, 0.2) is 30.9 Å². The van der Waals surface area contributed by atoms with Crippen LogP contribution in [0.2, 0.25) is 0 Å². The highest BCUT2D eigenvalue weighted by Crippen LogP contribution is 2.08. The average Bonchev–Trinajstić information content (AvgIpc) is 2.31. The lowest BCUT2D eigenvalue weighted by molar-refractivity contribution is 0.336. The van der Waals surface area contributed by atoms with Gasteiger partial charge in [-0.2, -0.15) is 0 Å². The Morgan fingerprint density at radius 3 is 3.12 bits per heavy atom. The minimum Gasteiger partial charge on any atom is -0.248 e. The monoisotopic (exact) mass is 229 g/mol. The summed E-state index contributed by atoms with van der Waals surface area (Å²) in [5, 5.41) is 0. The maximum absolute atomic E-state index is 12.6. The largest absolute Gasteiger partial charge is 0.248 e. The van der Waals surface area contributed by atoms with Gasteiger partial charge in [-0.15, -0.1) is 6.58 Å². The molecule has 89 valence electrons. The molecule has 0 heterocycles. The summed E-state index contributed by atoms with van der Waals surface area (Å²) in [6.07, 6.45) is 4.11. The first-order chi connectivity index (χ1) is 8.24. The van der Waals surface area contributed by atoms with Crippen molar-refractivity contribution >= 4 is 0 Å². The number of hydrogen-bond acceptors (Lipinski definition) is 0. The number of unbranched alkanes of at least 4 members (excludes halogenated alkanes) is 1. The highest BCUT2D eigenvalue weighted by molar-refractivity contribution is 5.41. The SMILES string of the molecule is C=CCc1c[c]ccc1C#CCCCC(C)F. The molecule has 0 N–H and O–H groups in total. The maximum atomic E-state index is 12.6. The molecule has 1 aromatic carbocycles. The van der Waals surface area contributed by atoms with Gasteiger partial charge in [0, 0.05) is 12.0 Å². The van der Waals surface area contributed by atoms with Gasteiger partial charge in [-0.1, -0.05) is 24.0 Å². The molecule has 1 rings (SSSR count). The van der Waals surface area contributed by atoms with E-state index in [1.807, 2.05) is 24.3 Å². The lowest BCUT2D eigenvalue weighted by Gasteiger charge is -1.99. The van der Waals surface area contributed by atoms with Crippen molar-refractivity contribution in [2.24, 2.45) is 0 Å². The summed E-state index contributed by atoms with van der Waals surface area (Å²) in [5.74, 6) is 6.22. The molecule has 1 aromatic rings. The van der Waals surface area contributed by atoms with Crippen molar-refractivity contribution in [3.8, 4) is 11.8 Å². The zero-order chi connectivity index (χ0) is 12.5. The number of hydrogen-bond donors (Lipinski definition) is 0. The van der Waals surface area contributed by atoms with Crippen molar-refractivity contribution in [1.29, 1.82) is 0 Å². The van der Waals surface area contributed by atoms with Crippen molar-refractivity contribution < 1.29 is 4.39 Å². The molecule has 0 saturated carbocycles. The molecular formula is C16H18F. The molecule has 1 radical (unpaired) electrons. The summed E-state index contributed by atoms with van der Waals surface area (Å²) in [6, 6.07) is 8.80. The van der Waals surface area contributed by atoms with E-state index >= 15 is 0 Å². The molecule has 0 aliphatic rings. The summed E-state index contributed by atoms with van der Waals surface area (Å²) in [5.41, 5.74) is 2.17. The lowest BCUT2D eigenvalue weighted by atomic mass is 10.0. The zero-order valence-corrected chi connectivity index (χ0v) is 10.3. The molecule has 17 heavy (non-hydrogen) atoms. The van der Waals surface area contributed by atoms with Crippen LogP contribution in [0, 0.1) is 17.9 Å². The molecule has 0 spiro atoms. The molecule has 1 atom stereocenters. The molecule has 0 aliphatic carbocycles. The third-order valence-electron chi connectivity index (χ3n) is 2.44. The Morgan fingerprint density at radius 2 is 2.41 bits per heavy atom. The predicted molar refractivity (Wildman–Crippen MR) is 70.5 cm³/mol. The molecule has 1 heteroatoms. The van der Waals surface area contributed by atoms with Gasteiger partial charge in [0.05, 0.1) is 6.17 Å². The number of halogens is 1. The minimum absolute atomic E-state index is 0.594. The van der Waals surface area contributed by atoms with Gasteiger partial charge < -0.3 is 0 Å². The van der Waals surface area contributed by atoms with Gasteiger partial charge in [0.25, 0.3) is 0 Å². The Bertz CT molecular complexity index is 407. The first-order valence-electron chi connectivity index (χ1n) is 5.97. The predicted octanol–water partition coefficient (Wildman–Crippen LogP) is 4.10. The van der Waals surface area contributed by atoms with Crippen molar-refractivity contribution in [3.63, 3.8) is 0 Å². The number of allylic oxidation sites excluding steroid dienone is 1. The molecular weight excluding hydrogens is 211 g/mol. The first-order valence-corrected chi connectivity index (χ1v) is 5.97. The van der Waals surface area contributed by atoms with Crippen molar-refractivity contribution in [3.05, 3.63) is 48.0 Å². The van der Waals surface area contributed by atoms with Crippen molar-refractivity contribution in [2.45, 2.75) is 38.8 Å². The molecule has 0 aromatic heterocycles. The van der Waals surface area contributed by atoms with Crippen LogP contribution in [0.25, 0.3) is 0 Å². The summed E-state index contributed by atoms with van der Waals surface area (Å²) in [4.78, 5) is 0. The van der Waals surface area contributed by atoms with E-state index in [0.29, 0.717) is 6.42 Å². The second-order valence-corrected chi connectivity index (χ2v) is 4.05. The Labute approximate surface area is 104 Å². The molecule has 0 amide bonds. The van der Waals surface area contributed by atoms with Crippen LogP contribution in [-0.4, -0.2) is 6.17 Å². The smallest absolute Gasteiger partial charge is 0.0973 e. The summed E-state index contributed by atoms with van der Waals surface area (Å²) >= 11 is 0. The van der Waals surface area contributed by atoms with Crippen LogP contribution in [0.5, 0.6) is 0 Å². The molecule has 0 aliphatic heterocycles. The fourth-order valence-electron chi connectivity index (χ4n) is 1.54. The molecule has 0 saturated heterocycles. The number of benzene rings is 1. The lowest BCUT2D eigenvalue weighted by Crippen LogP contribution is -1.90. The van der Waals surface area contributed by atoms with E-state index in [0.717, 1.165) is 30.4 Å². The Balaban J connectivity index is 2.55. The highest BCUT2D eigenvalue weighted by Gasteiger charge is 1.97. The van der Waals surface area contributed by atoms with E-state index in [1.54, 1.807) is 6.92 Å². The van der Waals surface area contributed by atoms with Gasteiger partial charge in [0.15, 0.2) is 0 Å². The normalized spacial score (nSPS) is 11.4. The van der Waals surface area contributed by atoms with Crippen molar-refractivity contribution in [2.75, 3.05) is 0 Å². The first kappa shape index (κ1) is 13.5. The van der Waals surface area contributed by atoms with E-state index < -0.39 is 6.17 Å². The summed E-state index contributed by atoms with van der Waals surface area (Å²) < 4.78 is 12.6. The Hall–Kier alpha value is -1.55. The van der Waals surface area contributed by atoms with Crippen molar-refractivity contribution in [1.82, 2.24) is 0 Å². The van der Waals surface area contributed by atoms with Gasteiger partial charge in [0.2, 0.25) is 0 Å². The quantitative estimate of drug-likeness (QED) is 0.405. The third-order valence-corrected chi connectivity index (χ3v) is 2.44. The highest BCUT2D eigenvalue weighted by atomic mass is 19.1. The second kappa shape index (κ2) is 7.68. The van der Waals surface area contributed by atoms with Crippen LogP contribution in [0.4, 0.5) is 4.39 Å². The van der Waals surface area contributed by atoms with Crippen LogP contribution in [0.1, 0.15) is 37.3 Å². The molecule has 1 unspecified atom stereocenters. The third kappa shape index (κ3) is 5.36. The summed E-state index contributed by atoms with van der Waals surface area (Å²) in [6.45, 7) is 5.31. The fourth-order valence-corrected chi connectivity index (χ4v) is 1.54. The van der Waals surface area contributed by atoms with Gasteiger partial charge in [-0.05, 0) is 49.9 Å². The van der Waals surface area contributed by atoms with Gasteiger partial charge in [0.1, 0.15) is 0 Å². The van der Waals surface area contributed by atoms with Gasteiger partial charge in [-0.3, -0.25) is 0 Å².